The van der Waals surface area contributed by atoms with E-state index >= 15 is 0 Å². The summed E-state index contributed by atoms with van der Waals surface area (Å²) in [7, 11) is -4.09. The van der Waals surface area contributed by atoms with Gasteiger partial charge >= 0.3 is 11.9 Å². The number of carbonyl (C=O) groups is 2. The van der Waals surface area contributed by atoms with Crippen LogP contribution in [0.2, 0.25) is 0 Å². The van der Waals surface area contributed by atoms with Crippen LogP contribution in [0.25, 0.3) is 22.3 Å². The Hall–Kier alpha value is -4.11. The Balaban J connectivity index is 1.79. The molecule has 2 N–H and O–H groups in total. The molecule has 1 aromatic heterocycles. The van der Waals surface area contributed by atoms with Crippen LogP contribution in [0.5, 0.6) is 0 Å². The number of carboxylic acids is 1. The van der Waals surface area contributed by atoms with Gasteiger partial charge in [-0.15, -0.1) is 0 Å². The molecule has 0 saturated heterocycles. The largest absolute Gasteiger partial charge is 0.478 e. The molecule has 4 aromatic rings. The summed E-state index contributed by atoms with van der Waals surface area (Å²) in [5.74, 6) is -1.51. The predicted molar refractivity (Wildman–Crippen MR) is 122 cm³/mol. The lowest BCUT2D eigenvalue weighted by Crippen LogP contribution is -2.13. The van der Waals surface area contributed by atoms with Crippen LogP contribution in [-0.2, 0) is 14.8 Å². The Morgan fingerprint density at radius 3 is 2.45 bits per heavy atom. The van der Waals surface area contributed by atoms with Gasteiger partial charge in [-0.2, -0.15) is 0 Å². The van der Waals surface area contributed by atoms with Gasteiger partial charge in [0.25, 0.3) is 10.0 Å². The monoisotopic (exact) mass is 465 g/mol. The maximum absolute atomic E-state index is 12.8. The summed E-state index contributed by atoms with van der Waals surface area (Å²) >= 11 is 0. The van der Waals surface area contributed by atoms with E-state index in [4.69, 9.17) is 14.3 Å². The second-order valence-corrected chi connectivity index (χ2v) is 8.72. The molecule has 0 bridgehead atoms. The van der Waals surface area contributed by atoms with E-state index in [1.807, 2.05) is 18.2 Å². The van der Waals surface area contributed by atoms with Crippen molar-refractivity contribution in [3.05, 3.63) is 83.9 Å². The third kappa shape index (κ3) is 4.44. The van der Waals surface area contributed by atoms with E-state index in [-0.39, 0.29) is 28.3 Å². The minimum absolute atomic E-state index is 0.153. The highest BCUT2D eigenvalue weighted by Gasteiger charge is 2.24. The number of nitrogens with one attached hydrogen (secondary N) is 1. The Labute approximate surface area is 189 Å². The molecule has 0 saturated carbocycles. The third-order valence-corrected chi connectivity index (χ3v) is 6.23. The number of ether oxygens (including phenoxy) is 1. The second kappa shape index (κ2) is 8.79. The van der Waals surface area contributed by atoms with Crippen LogP contribution in [0.15, 0.2) is 82.1 Å². The van der Waals surface area contributed by atoms with Gasteiger partial charge in [0.1, 0.15) is 16.9 Å². The number of rotatable bonds is 7. The van der Waals surface area contributed by atoms with E-state index in [1.165, 1.54) is 30.3 Å². The summed E-state index contributed by atoms with van der Waals surface area (Å²) < 4.78 is 39.2. The highest BCUT2D eigenvalue weighted by molar-refractivity contribution is 7.92. The van der Waals surface area contributed by atoms with E-state index in [2.05, 4.69) is 4.72 Å². The van der Waals surface area contributed by atoms with Gasteiger partial charge in [-0.25, -0.2) is 18.0 Å². The van der Waals surface area contributed by atoms with Crippen molar-refractivity contribution in [1.29, 1.82) is 0 Å². The number of aromatic carboxylic acids is 1. The first-order valence-electron chi connectivity index (χ1n) is 9.95. The van der Waals surface area contributed by atoms with Gasteiger partial charge in [-0.05, 0) is 43.3 Å². The fourth-order valence-corrected chi connectivity index (χ4v) is 4.47. The number of furan rings is 1. The number of carbonyl (C=O) groups excluding carboxylic acids is 1. The summed E-state index contributed by atoms with van der Waals surface area (Å²) in [6, 6.07) is 18.6. The van der Waals surface area contributed by atoms with E-state index < -0.39 is 22.0 Å². The first-order chi connectivity index (χ1) is 15.8. The van der Waals surface area contributed by atoms with Crippen molar-refractivity contribution >= 4 is 38.6 Å². The van der Waals surface area contributed by atoms with E-state index in [9.17, 15) is 18.0 Å². The smallest absolute Gasteiger partial charge is 0.342 e. The Bertz CT molecular complexity index is 1460. The first-order valence-corrected chi connectivity index (χ1v) is 11.4. The lowest BCUT2D eigenvalue weighted by molar-refractivity contribution is 0.0528. The maximum Gasteiger partial charge on any atom is 0.342 e. The molecule has 0 unspecified atom stereocenters. The number of hydrogen-bond donors (Lipinski definition) is 2. The van der Waals surface area contributed by atoms with E-state index in [0.717, 1.165) is 6.07 Å². The highest BCUT2D eigenvalue weighted by atomic mass is 32.2. The van der Waals surface area contributed by atoms with Gasteiger partial charge < -0.3 is 14.3 Å². The standard InChI is InChI=1S/C24H19NO7S/c1-2-31-24(28)21-19-14-17(11-12-20(19)32-22(21)15-7-4-3-5-8-15)25-33(29,30)18-10-6-9-16(13-18)23(26)27/h3-14,25H,2H2,1H3,(H,26,27). The SMILES string of the molecule is CCOC(=O)c1c(-c2ccccc2)oc2ccc(NS(=O)(=O)c3cccc(C(=O)O)c3)cc12. The average molecular weight is 465 g/mol. The van der Waals surface area contributed by atoms with Gasteiger partial charge in [-0.3, -0.25) is 4.72 Å². The molecule has 1 heterocycles. The molecule has 0 aliphatic carbocycles. The fraction of sp³-hybridized carbons (Fsp3) is 0.0833. The second-order valence-electron chi connectivity index (χ2n) is 7.04. The van der Waals surface area contributed by atoms with Crippen molar-refractivity contribution < 1.29 is 32.3 Å². The summed E-state index contributed by atoms with van der Waals surface area (Å²) in [6.45, 7) is 1.85. The summed E-state index contributed by atoms with van der Waals surface area (Å²) in [5.41, 5.74) is 1.26. The van der Waals surface area contributed by atoms with Crippen molar-refractivity contribution in [2.24, 2.45) is 0 Å². The zero-order valence-electron chi connectivity index (χ0n) is 17.4. The first kappa shape index (κ1) is 22.1. The molecular formula is C24H19NO7S. The van der Waals surface area contributed by atoms with Crippen molar-refractivity contribution in [3.8, 4) is 11.3 Å². The lowest BCUT2D eigenvalue weighted by Gasteiger charge is -2.09. The molecule has 168 valence electrons. The molecule has 3 aromatic carbocycles. The summed E-state index contributed by atoms with van der Waals surface area (Å²) in [5, 5.41) is 9.52. The summed E-state index contributed by atoms with van der Waals surface area (Å²) in [4.78, 5) is 23.7. The van der Waals surface area contributed by atoms with Crippen LogP contribution < -0.4 is 4.72 Å². The van der Waals surface area contributed by atoms with Crippen LogP contribution in [0, 0.1) is 0 Å². The zero-order valence-corrected chi connectivity index (χ0v) is 18.3. The minimum Gasteiger partial charge on any atom is -0.478 e. The van der Waals surface area contributed by atoms with Crippen LogP contribution >= 0.6 is 0 Å². The third-order valence-electron chi connectivity index (χ3n) is 4.85. The quantitative estimate of drug-likeness (QED) is 0.377. The van der Waals surface area contributed by atoms with Gasteiger partial charge in [0.05, 0.1) is 17.1 Å². The lowest BCUT2D eigenvalue weighted by atomic mass is 10.1. The van der Waals surface area contributed by atoms with E-state index in [0.29, 0.717) is 22.3 Å². The van der Waals surface area contributed by atoms with Crippen LogP contribution in [0.4, 0.5) is 5.69 Å². The van der Waals surface area contributed by atoms with Crippen molar-refractivity contribution in [2.75, 3.05) is 11.3 Å². The number of carboxylic acid groups (broad SMARTS) is 1. The molecule has 0 spiro atoms. The van der Waals surface area contributed by atoms with Crippen molar-refractivity contribution in [2.45, 2.75) is 11.8 Å². The Kier molecular flexibility index (Phi) is 5.89. The Morgan fingerprint density at radius 1 is 1.00 bits per heavy atom. The molecule has 0 atom stereocenters. The molecule has 9 heteroatoms. The van der Waals surface area contributed by atoms with Gasteiger partial charge in [0, 0.05) is 16.6 Å². The van der Waals surface area contributed by atoms with Crippen molar-refractivity contribution in [1.82, 2.24) is 0 Å². The van der Waals surface area contributed by atoms with Crippen LogP contribution in [0.3, 0.4) is 0 Å². The normalized spacial score (nSPS) is 11.3. The number of fused-ring (bicyclic) bond motifs is 1. The van der Waals surface area contributed by atoms with E-state index in [1.54, 1.807) is 25.1 Å². The Morgan fingerprint density at radius 2 is 1.76 bits per heavy atom. The fourth-order valence-electron chi connectivity index (χ4n) is 3.37. The average Bonchev–Trinajstić information content (AvgIpc) is 3.18. The molecule has 4 rings (SSSR count). The molecule has 8 nitrogen and oxygen atoms in total. The minimum atomic E-state index is -4.09. The van der Waals surface area contributed by atoms with Crippen molar-refractivity contribution in [3.63, 3.8) is 0 Å². The summed E-state index contributed by atoms with van der Waals surface area (Å²) in [6.07, 6.45) is 0. The molecule has 0 fully saturated rings. The topological polar surface area (TPSA) is 123 Å². The van der Waals surface area contributed by atoms with Gasteiger partial charge in [-0.1, -0.05) is 36.4 Å². The zero-order chi connectivity index (χ0) is 23.6. The predicted octanol–water partition coefficient (Wildman–Crippen LogP) is 4.78. The number of benzene rings is 3. The number of hydrogen-bond acceptors (Lipinski definition) is 6. The van der Waals surface area contributed by atoms with Gasteiger partial charge in [0.2, 0.25) is 0 Å². The number of esters is 1. The maximum atomic E-state index is 12.8. The molecule has 33 heavy (non-hydrogen) atoms. The number of anilines is 1. The van der Waals surface area contributed by atoms with Crippen LogP contribution in [-0.4, -0.2) is 32.1 Å². The van der Waals surface area contributed by atoms with Crippen LogP contribution in [0.1, 0.15) is 27.6 Å². The molecule has 0 aliphatic heterocycles. The molecule has 0 radical (unpaired) electrons. The number of sulfonamides is 1. The molecule has 0 aliphatic rings. The molecule has 0 amide bonds. The highest BCUT2D eigenvalue weighted by Crippen LogP contribution is 2.36. The molecular weight excluding hydrogens is 446 g/mol. The van der Waals surface area contributed by atoms with Gasteiger partial charge in [0.15, 0.2) is 0 Å².